The lowest BCUT2D eigenvalue weighted by Crippen LogP contribution is -2.29. The van der Waals surface area contributed by atoms with E-state index in [-0.39, 0.29) is 0 Å². The van der Waals surface area contributed by atoms with Crippen molar-refractivity contribution < 1.29 is 8.42 Å². The Balaban J connectivity index is 1.55. The highest BCUT2D eigenvalue weighted by atomic mass is 32.2. The molecule has 1 fully saturated rings. The number of aryl methyl sites for hydroxylation is 1. The molecule has 3 rings (SSSR count). The summed E-state index contributed by atoms with van der Waals surface area (Å²) in [5.74, 6) is 0. The molecule has 0 unspecified atom stereocenters. The zero-order valence-corrected chi connectivity index (χ0v) is 15.5. The molecule has 0 amide bonds. The zero-order chi connectivity index (χ0) is 17.0. The van der Waals surface area contributed by atoms with Crippen LogP contribution in [0.25, 0.3) is 0 Å². The Morgan fingerprint density at radius 3 is 2.79 bits per heavy atom. The standard InChI is InChI=1S/C17H23N3O2S2/c1-14-6-5-7-16(12-14)24(21,22)18-9-8-15-13-23-17(19-15)20-10-3-2-4-11-20/h5-7,12-13,18H,2-4,8-11H2,1H3. The molecule has 0 aliphatic carbocycles. The number of benzene rings is 1. The van der Waals surface area contributed by atoms with E-state index in [0.29, 0.717) is 17.9 Å². The minimum absolute atomic E-state index is 0.315. The van der Waals surface area contributed by atoms with Crippen LogP contribution in [-0.4, -0.2) is 33.0 Å². The first-order valence-electron chi connectivity index (χ1n) is 8.30. The molecule has 0 spiro atoms. The molecule has 2 heterocycles. The molecular weight excluding hydrogens is 342 g/mol. The Labute approximate surface area is 147 Å². The van der Waals surface area contributed by atoms with Crippen LogP contribution in [0, 0.1) is 6.92 Å². The summed E-state index contributed by atoms with van der Waals surface area (Å²) in [6.07, 6.45) is 4.36. The fourth-order valence-corrected chi connectivity index (χ4v) is 4.87. The van der Waals surface area contributed by atoms with E-state index in [2.05, 4.69) is 14.6 Å². The van der Waals surface area contributed by atoms with Gasteiger partial charge >= 0.3 is 0 Å². The second kappa shape index (κ2) is 7.63. The fourth-order valence-electron chi connectivity index (χ4n) is 2.82. The summed E-state index contributed by atoms with van der Waals surface area (Å²) in [6.45, 7) is 4.40. The van der Waals surface area contributed by atoms with E-state index in [9.17, 15) is 8.42 Å². The normalized spacial score (nSPS) is 15.6. The topological polar surface area (TPSA) is 62.3 Å². The molecule has 2 aromatic rings. The van der Waals surface area contributed by atoms with Gasteiger partial charge < -0.3 is 4.90 Å². The van der Waals surface area contributed by atoms with Crippen molar-refractivity contribution in [2.24, 2.45) is 0 Å². The molecule has 24 heavy (non-hydrogen) atoms. The number of anilines is 1. The predicted molar refractivity (Wildman–Crippen MR) is 98.2 cm³/mol. The Morgan fingerprint density at radius 2 is 2.04 bits per heavy atom. The molecule has 0 radical (unpaired) electrons. The number of nitrogens with zero attached hydrogens (tertiary/aromatic N) is 2. The van der Waals surface area contributed by atoms with Crippen molar-refractivity contribution in [3.63, 3.8) is 0 Å². The van der Waals surface area contributed by atoms with Crippen LogP contribution in [0.2, 0.25) is 0 Å². The van der Waals surface area contributed by atoms with E-state index in [4.69, 9.17) is 0 Å². The van der Waals surface area contributed by atoms with Gasteiger partial charge in [0, 0.05) is 31.4 Å². The maximum atomic E-state index is 12.3. The van der Waals surface area contributed by atoms with E-state index in [1.54, 1.807) is 29.5 Å². The molecule has 0 atom stereocenters. The lowest BCUT2D eigenvalue weighted by atomic mass is 10.1. The average molecular weight is 366 g/mol. The Bertz CT molecular complexity index is 781. The Hall–Kier alpha value is -1.44. The third-order valence-corrected chi connectivity index (χ3v) is 6.55. The largest absolute Gasteiger partial charge is 0.348 e. The van der Waals surface area contributed by atoms with Gasteiger partial charge in [-0.2, -0.15) is 0 Å². The second-order valence-corrected chi connectivity index (χ2v) is 8.74. The lowest BCUT2D eigenvalue weighted by Gasteiger charge is -2.25. The number of hydrogen-bond acceptors (Lipinski definition) is 5. The molecule has 7 heteroatoms. The van der Waals surface area contributed by atoms with Gasteiger partial charge in [0.25, 0.3) is 0 Å². The number of sulfonamides is 1. The molecule has 0 saturated carbocycles. The summed E-state index contributed by atoms with van der Waals surface area (Å²) in [4.78, 5) is 7.29. The van der Waals surface area contributed by atoms with Crippen LogP contribution < -0.4 is 9.62 Å². The number of rotatable bonds is 6. The van der Waals surface area contributed by atoms with Crippen LogP contribution in [0.3, 0.4) is 0 Å². The first-order valence-corrected chi connectivity index (χ1v) is 10.7. The molecule has 5 nitrogen and oxygen atoms in total. The first-order chi connectivity index (χ1) is 11.5. The van der Waals surface area contributed by atoms with E-state index in [0.717, 1.165) is 29.5 Å². The number of hydrogen-bond donors (Lipinski definition) is 1. The van der Waals surface area contributed by atoms with E-state index >= 15 is 0 Å². The van der Waals surface area contributed by atoms with Gasteiger partial charge in [-0.05, 0) is 43.9 Å². The summed E-state index contributed by atoms with van der Waals surface area (Å²) in [7, 11) is -3.45. The van der Waals surface area contributed by atoms with Crippen molar-refractivity contribution >= 4 is 26.5 Å². The second-order valence-electron chi connectivity index (χ2n) is 6.13. The van der Waals surface area contributed by atoms with Crippen LogP contribution in [-0.2, 0) is 16.4 Å². The molecule has 1 aromatic carbocycles. The number of aromatic nitrogens is 1. The molecule has 1 N–H and O–H groups in total. The van der Waals surface area contributed by atoms with Crippen LogP contribution in [0.5, 0.6) is 0 Å². The minimum atomic E-state index is -3.45. The monoisotopic (exact) mass is 365 g/mol. The van der Waals surface area contributed by atoms with Gasteiger partial charge in [-0.15, -0.1) is 11.3 Å². The molecule has 1 aromatic heterocycles. The van der Waals surface area contributed by atoms with Crippen molar-refractivity contribution in [1.29, 1.82) is 0 Å². The van der Waals surface area contributed by atoms with Crippen molar-refractivity contribution in [2.75, 3.05) is 24.5 Å². The highest BCUT2D eigenvalue weighted by Crippen LogP contribution is 2.24. The number of thiazole rings is 1. The minimum Gasteiger partial charge on any atom is -0.348 e. The summed E-state index contributed by atoms with van der Waals surface area (Å²) >= 11 is 1.65. The van der Waals surface area contributed by atoms with Gasteiger partial charge in [-0.25, -0.2) is 18.1 Å². The van der Waals surface area contributed by atoms with Crippen LogP contribution in [0.15, 0.2) is 34.5 Å². The van der Waals surface area contributed by atoms with Crippen molar-refractivity contribution in [2.45, 2.75) is 37.5 Å². The molecular formula is C17H23N3O2S2. The summed E-state index contributed by atoms with van der Waals surface area (Å²) in [5.41, 5.74) is 1.89. The highest BCUT2D eigenvalue weighted by molar-refractivity contribution is 7.89. The van der Waals surface area contributed by atoms with Gasteiger partial charge in [0.1, 0.15) is 0 Å². The fraction of sp³-hybridized carbons (Fsp3) is 0.471. The van der Waals surface area contributed by atoms with Gasteiger partial charge in [-0.3, -0.25) is 0 Å². The highest BCUT2D eigenvalue weighted by Gasteiger charge is 2.16. The molecule has 130 valence electrons. The quantitative estimate of drug-likeness (QED) is 0.855. The number of nitrogens with one attached hydrogen (secondary N) is 1. The summed E-state index contributed by atoms with van der Waals surface area (Å²) < 4.78 is 27.2. The van der Waals surface area contributed by atoms with Crippen LogP contribution in [0.4, 0.5) is 5.13 Å². The van der Waals surface area contributed by atoms with Crippen molar-refractivity contribution in [3.8, 4) is 0 Å². The van der Waals surface area contributed by atoms with Crippen molar-refractivity contribution in [3.05, 3.63) is 40.9 Å². The van der Waals surface area contributed by atoms with E-state index < -0.39 is 10.0 Å². The third kappa shape index (κ3) is 4.34. The van der Waals surface area contributed by atoms with E-state index in [1.165, 1.54) is 19.3 Å². The van der Waals surface area contributed by atoms with Crippen LogP contribution in [0.1, 0.15) is 30.5 Å². The maximum Gasteiger partial charge on any atom is 0.240 e. The van der Waals surface area contributed by atoms with Gasteiger partial charge in [0.2, 0.25) is 10.0 Å². The molecule has 1 aliphatic heterocycles. The SMILES string of the molecule is Cc1cccc(S(=O)(=O)NCCc2csc(N3CCCCC3)n2)c1. The Kier molecular flexibility index (Phi) is 5.53. The zero-order valence-electron chi connectivity index (χ0n) is 13.9. The molecule has 1 saturated heterocycles. The van der Waals surface area contributed by atoms with E-state index in [1.807, 2.05) is 18.4 Å². The van der Waals surface area contributed by atoms with Gasteiger partial charge in [-0.1, -0.05) is 12.1 Å². The van der Waals surface area contributed by atoms with Gasteiger partial charge in [0.15, 0.2) is 5.13 Å². The van der Waals surface area contributed by atoms with Gasteiger partial charge in [0.05, 0.1) is 10.6 Å². The summed E-state index contributed by atoms with van der Waals surface area (Å²) in [6, 6.07) is 6.94. The first kappa shape index (κ1) is 17.4. The summed E-state index contributed by atoms with van der Waals surface area (Å²) in [5, 5.41) is 3.09. The Morgan fingerprint density at radius 1 is 1.25 bits per heavy atom. The third-order valence-electron chi connectivity index (χ3n) is 4.14. The molecule has 0 bridgehead atoms. The lowest BCUT2D eigenvalue weighted by molar-refractivity contribution is 0.575. The predicted octanol–water partition coefficient (Wildman–Crippen LogP) is 2.96. The average Bonchev–Trinajstić information content (AvgIpc) is 3.04. The maximum absolute atomic E-state index is 12.3. The van der Waals surface area contributed by atoms with Crippen LogP contribution >= 0.6 is 11.3 Å². The van der Waals surface area contributed by atoms with Crippen molar-refractivity contribution in [1.82, 2.24) is 9.71 Å². The number of piperidine rings is 1. The smallest absolute Gasteiger partial charge is 0.240 e. The molecule has 1 aliphatic rings.